The molecular weight excluding hydrogens is 281 g/mol. The highest BCUT2D eigenvalue weighted by molar-refractivity contribution is 5.94. The number of amides is 1. The Morgan fingerprint density at radius 3 is 2.90 bits per heavy atom. The molecule has 0 fully saturated rings. The van der Waals surface area contributed by atoms with Gasteiger partial charge >= 0.3 is 5.69 Å². The molecule has 2 rings (SSSR count). The number of nitro groups is 1. The predicted octanol–water partition coefficient (Wildman–Crippen LogP) is 0.835. The van der Waals surface area contributed by atoms with Gasteiger partial charge in [0.2, 0.25) is 5.82 Å². The van der Waals surface area contributed by atoms with Gasteiger partial charge in [0.05, 0.1) is 4.92 Å². The van der Waals surface area contributed by atoms with Crippen LogP contribution in [-0.2, 0) is 13.5 Å². The van der Waals surface area contributed by atoms with Gasteiger partial charge in [0.15, 0.2) is 5.82 Å². The molecule has 0 saturated heterocycles. The molecule has 110 valence electrons. The zero-order chi connectivity index (χ0) is 15.4. The number of aryl methyl sites for hydroxylation is 1. The normalized spacial score (nSPS) is 10.4. The van der Waals surface area contributed by atoms with E-state index in [4.69, 9.17) is 0 Å². The van der Waals surface area contributed by atoms with Crippen molar-refractivity contribution in [2.45, 2.75) is 6.42 Å². The van der Waals surface area contributed by atoms with E-state index in [9.17, 15) is 19.3 Å². The first kappa shape index (κ1) is 14.6. The van der Waals surface area contributed by atoms with Gasteiger partial charge in [-0.1, -0.05) is 0 Å². The minimum absolute atomic E-state index is 0.0251. The molecule has 1 N–H and O–H groups in total. The Morgan fingerprint density at radius 2 is 2.29 bits per heavy atom. The summed E-state index contributed by atoms with van der Waals surface area (Å²) in [6.45, 7) is 0.272. The lowest BCUT2D eigenvalue weighted by atomic mass is 10.2. The molecule has 1 aromatic heterocycles. The maximum Gasteiger partial charge on any atom is 0.305 e. The minimum Gasteiger partial charge on any atom is -0.352 e. The first-order chi connectivity index (χ1) is 9.97. The summed E-state index contributed by atoms with van der Waals surface area (Å²) < 4.78 is 14.7. The van der Waals surface area contributed by atoms with Gasteiger partial charge in [0.25, 0.3) is 5.91 Å². The number of rotatable bonds is 5. The van der Waals surface area contributed by atoms with Crippen molar-refractivity contribution in [1.29, 1.82) is 0 Å². The maximum atomic E-state index is 13.2. The highest BCUT2D eigenvalue weighted by Gasteiger charge is 2.17. The van der Waals surface area contributed by atoms with Gasteiger partial charge in [0.1, 0.15) is 6.33 Å². The first-order valence-electron chi connectivity index (χ1n) is 6.04. The van der Waals surface area contributed by atoms with Crippen LogP contribution in [0.15, 0.2) is 24.5 Å². The number of benzene rings is 1. The van der Waals surface area contributed by atoms with E-state index in [1.807, 2.05) is 0 Å². The SMILES string of the molecule is Cn1cnc(CCNC(=O)c2ccc(F)c([N+](=O)[O-])c2)n1. The van der Waals surface area contributed by atoms with Gasteiger partial charge in [-0.3, -0.25) is 19.6 Å². The molecular formula is C12H12FN5O3. The van der Waals surface area contributed by atoms with Crippen LogP contribution < -0.4 is 5.32 Å². The van der Waals surface area contributed by atoms with E-state index in [1.54, 1.807) is 18.1 Å². The monoisotopic (exact) mass is 293 g/mol. The van der Waals surface area contributed by atoms with Gasteiger partial charge in [0, 0.05) is 31.6 Å². The average molecular weight is 293 g/mol. The molecule has 0 saturated carbocycles. The van der Waals surface area contributed by atoms with Gasteiger partial charge in [-0.15, -0.1) is 0 Å². The van der Waals surface area contributed by atoms with Crippen LogP contribution in [0.1, 0.15) is 16.2 Å². The van der Waals surface area contributed by atoms with E-state index < -0.39 is 22.3 Å². The summed E-state index contributed by atoms with van der Waals surface area (Å²) in [5.41, 5.74) is -0.703. The molecule has 0 radical (unpaired) electrons. The van der Waals surface area contributed by atoms with Crippen molar-refractivity contribution >= 4 is 11.6 Å². The summed E-state index contributed by atoms with van der Waals surface area (Å²) in [5.74, 6) is -0.925. The zero-order valence-electron chi connectivity index (χ0n) is 11.1. The Balaban J connectivity index is 1.97. The standard InChI is InChI=1S/C12H12FN5O3/c1-17-7-15-11(16-17)4-5-14-12(19)8-2-3-9(13)10(6-8)18(20)21/h2-3,6-7H,4-5H2,1H3,(H,14,19). The molecule has 21 heavy (non-hydrogen) atoms. The Labute approximate surface area is 118 Å². The summed E-state index contributed by atoms with van der Waals surface area (Å²) in [5, 5.41) is 17.2. The van der Waals surface area contributed by atoms with Crippen LogP contribution in [-0.4, -0.2) is 32.1 Å². The van der Waals surface area contributed by atoms with Crippen LogP contribution in [0.25, 0.3) is 0 Å². The molecule has 0 atom stereocenters. The lowest BCUT2D eigenvalue weighted by Gasteiger charge is -2.04. The van der Waals surface area contributed by atoms with Crippen LogP contribution in [0.3, 0.4) is 0 Å². The number of hydrogen-bond donors (Lipinski definition) is 1. The molecule has 0 aliphatic rings. The number of nitrogens with one attached hydrogen (secondary N) is 1. The number of halogens is 1. The van der Waals surface area contributed by atoms with Crippen LogP contribution in [0, 0.1) is 15.9 Å². The van der Waals surface area contributed by atoms with Gasteiger partial charge in [-0.05, 0) is 12.1 Å². The maximum absolute atomic E-state index is 13.2. The summed E-state index contributed by atoms with van der Waals surface area (Å²) in [6.07, 6.45) is 1.97. The van der Waals surface area contributed by atoms with Crippen LogP contribution >= 0.6 is 0 Å². The Morgan fingerprint density at radius 1 is 1.52 bits per heavy atom. The zero-order valence-corrected chi connectivity index (χ0v) is 11.1. The molecule has 1 aromatic carbocycles. The number of hydrogen-bond acceptors (Lipinski definition) is 5. The molecule has 1 heterocycles. The van der Waals surface area contributed by atoms with Gasteiger partial charge < -0.3 is 5.32 Å². The van der Waals surface area contributed by atoms with Crippen LogP contribution in [0.5, 0.6) is 0 Å². The van der Waals surface area contributed by atoms with E-state index in [0.29, 0.717) is 12.2 Å². The molecule has 0 unspecified atom stereocenters. The fourth-order valence-electron chi connectivity index (χ4n) is 1.68. The molecule has 0 bridgehead atoms. The lowest BCUT2D eigenvalue weighted by Crippen LogP contribution is -2.26. The molecule has 0 aliphatic carbocycles. The molecule has 2 aromatic rings. The van der Waals surface area contributed by atoms with Gasteiger partial charge in [-0.25, -0.2) is 4.98 Å². The fraction of sp³-hybridized carbons (Fsp3) is 0.250. The highest BCUT2D eigenvalue weighted by Crippen LogP contribution is 2.18. The third-order valence-corrected chi connectivity index (χ3v) is 2.69. The second kappa shape index (κ2) is 6.07. The predicted molar refractivity (Wildman–Crippen MR) is 70.1 cm³/mol. The number of nitrogens with zero attached hydrogens (tertiary/aromatic N) is 4. The van der Waals surface area contributed by atoms with Crippen molar-refractivity contribution in [2.75, 3.05) is 6.54 Å². The van der Waals surface area contributed by atoms with Crippen molar-refractivity contribution in [1.82, 2.24) is 20.1 Å². The number of nitro benzene ring substituents is 1. The third-order valence-electron chi connectivity index (χ3n) is 2.69. The largest absolute Gasteiger partial charge is 0.352 e. The summed E-state index contributed by atoms with van der Waals surface area (Å²) in [4.78, 5) is 25.6. The quantitative estimate of drug-likeness (QED) is 0.649. The Kier molecular flexibility index (Phi) is 4.21. The van der Waals surface area contributed by atoms with E-state index in [2.05, 4.69) is 15.4 Å². The fourth-order valence-corrected chi connectivity index (χ4v) is 1.68. The van der Waals surface area contributed by atoms with E-state index >= 15 is 0 Å². The second-order valence-corrected chi connectivity index (χ2v) is 4.26. The smallest absolute Gasteiger partial charge is 0.305 e. The van der Waals surface area contributed by atoms with Crippen molar-refractivity contribution in [3.05, 3.63) is 51.8 Å². The van der Waals surface area contributed by atoms with Crippen molar-refractivity contribution in [3.8, 4) is 0 Å². The molecule has 0 aliphatic heterocycles. The third kappa shape index (κ3) is 3.59. The molecule has 9 heteroatoms. The first-order valence-corrected chi connectivity index (χ1v) is 6.04. The Bertz CT molecular complexity index is 685. The van der Waals surface area contributed by atoms with Crippen LogP contribution in [0.4, 0.5) is 10.1 Å². The minimum atomic E-state index is -0.978. The van der Waals surface area contributed by atoms with Crippen molar-refractivity contribution in [3.63, 3.8) is 0 Å². The van der Waals surface area contributed by atoms with Crippen LogP contribution in [0.2, 0.25) is 0 Å². The summed E-state index contributed by atoms with van der Waals surface area (Å²) in [7, 11) is 1.73. The Hall–Kier alpha value is -2.84. The van der Waals surface area contributed by atoms with E-state index in [-0.39, 0.29) is 12.1 Å². The molecule has 1 amide bonds. The molecule has 0 spiro atoms. The van der Waals surface area contributed by atoms with Crippen molar-refractivity contribution in [2.24, 2.45) is 7.05 Å². The van der Waals surface area contributed by atoms with Crippen molar-refractivity contribution < 1.29 is 14.1 Å². The topological polar surface area (TPSA) is 103 Å². The van der Waals surface area contributed by atoms with E-state index in [0.717, 1.165) is 12.1 Å². The number of carbonyl (C=O) groups excluding carboxylic acids is 1. The lowest BCUT2D eigenvalue weighted by molar-refractivity contribution is -0.387. The number of carbonyl (C=O) groups is 1. The second-order valence-electron chi connectivity index (χ2n) is 4.26. The highest BCUT2D eigenvalue weighted by atomic mass is 19.1. The summed E-state index contributed by atoms with van der Waals surface area (Å²) in [6, 6.07) is 2.99. The number of aromatic nitrogens is 3. The van der Waals surface area contributed by atoms with Gasteiger partial charge in [-0.2, -0.15) is 9.49 Å². The summed E-state index contributed by atoms with van der Waals surface area (Å²) >= 11 is 0. The molecule has 8 nitrogen and oxygen atoms in total. The average Bonchev–Trinajstić information content (AvgIpc) is 2.84. The van der Waals surface area contributed by atoms with E-state index in [1.165, 1.54) is 6.07 Å².